The van der Waals surface area contributed by atoms with E-state index in [2.05, 4.69) is 10.3 Å². The van der Waals surface area contributed by atoms with E-state index in [1.54, 1.807) is 4.40 Å². The van der Waals surface area contributed by atoms with Crippen LogP contribution in [0.2, 0.25) is 0 Å². The molecular formula is C15H11N3O2S. The molecule has 1 aromatic carbocycles. The Morgan fingerprint density at radius 2 is 2.05 bits per heavy atom. The van der Waals surface area contributed by atoms with Gasteiger partial charge in [-0.1, -0.05) is 30.3 Å². The van der Waals surface area contributed by atoms with Crippen molar-refractivity contribution in [2.45, 2.75) is 12.3 Å². The lowest BCUT2D eigenvalue weighted by Crippen LogP contribution is -2.31. The van der Waals surface area contributed by atoms with Crippen LogP contribution in [0, 0.1) is 0 Å². The lowest BCUT2D eigenvalue weighted by atomic mass is 9.87. The fraction of sp³-hybridized carbons (Fsp3) is 0.133. The van der Waals surface area contributed by atoms with Crippen molar-refractivity contribution in [3.05, 3.63) is 63.4 Å². The highest BCUT2D eigenvalue weighted by Gasteiger charge is 2.31. The minimum atomic E-state index is -0.263. The molecule has 3 heterocycles. The van der Waals surface area contributed by atoms with Gasteiger partial charge in [0.05, 0.1) is 5.56 Å². The van der Waals surface area contributed by atoms with E-state index in [1.165, 1.54) is 11.3 Å². The Hall–Kier alpha value is -2.47. The van der Waals surface area contributed by atoms with Crippen LogP contribution in [0.25, 0.3) is 4.96 Å². The fourth-order valence-corrected chi connectivity index (χ4v) is 3.49. The molecule has 1 amide bonds. The summed E-state index contributed by atoms with van der Waals surface area (Å²) in [5.41, 5.74) is 1.26. The first-order valence-electron chi connectivity index (χ1n) is 6.58. The molecule has 1 aliphatic heterocycles. The van der Waals surface area contributed by atoms with Crippen LogP contribution in [-0.2, 0) is 4.79 Å². The molecule has 0 aliphatic carbocycles. The predicted molar refractivity (Wildman–Crippen MR) is 80.9 cm³/mol. The highest BCUT2D eigenvalue weighted by molar-refractivity contribution is 7.15. The number of hydrogen-bond donors (Lipinski definition) is 1. The molecule has 1 aliphatic rings. The first-order chi connectivity index (χ1) is 10.2. The van der Waals surface area contributed by atoms with Crippen LogP contribution in [0.5, 0.6) is 0 Å². The largest absolute Gasteiger partial charge is 0.311 e. The molecule has 0 unspecified atom stereocenters. The summed E-state index contributed by atoms with van der Waals surface area (Å²) in [7, 11) is 0. The molecule has 4 rings (SSSR count). The maximum absolute atomic E-state index is 12.4. The van der Waals surface area contributed by atoms with E-state index in [1.807, 2.05) is 41.9 Å². The molecule has 2 aromatic heterocycles. The summed E-state index contributed by atoms with van der Waals surface area (Å²) in [5.74, 6) is 0.227. The third-order valence-corrected chi connectivity index (χ3v) is 4.47. The van der Waals surface area contributed by atoms with E-state index < -0.39 is 0 Å². The number of carbonyl (C=O) groups excluding carboxylic acids is 1. The molecule has 6 heteroatoms. The molecule has 104 valence electrons. The van der Waals surface area contributed by atoms with Crippen molar-refractivity contribution in [2.24, 2.45) is 0 Å². The number of rotatable bonds is 1. The van der Waals surface area contributed by atoms with Gasteiger partial charge in [0.15, 0.2) is 4.96 Å². The van der Waals surface area contributed by atoms with Gasteiger partial charge in [0, 0.05) is 23.9 Å². The number of aromatic nitrogens is 2. The SMILES string of the molecule is O=C1C[C@H](c2ccccc2)c2c(n3ccsc3nc2=O)N1. The van der Waals surface area contributed by atoms with Gasteiger partial charge in [-0.15, -0.1) is 11.3 Å². The molecule has 3 aromatic rings. The Bertz CT molecular complexity index is 898. The normalized spacial score (nSPS) is 17.5. The van der Waals surface area contributed by atoms with Crippen molar-refractivity contribution in [3.63, 3.8) is 0 Å². The molecule has 1 atom stereocenters. The quantitative estimate of drug-likeness (QED) is 0.749. The van der Waals surface area contributed by atoms with E-state index in [9.17, 15) is 9.59 Å². The van der Waals surface area contributed by atoms with Crippen molar-refractivity contribution in [2.75, 3.05) is 5.32 Å². The zero-order valence-electron chi connectivity index (χ0n) is 10.9. The minimum absolute atomic E-state index is 0.0815. The molecule has 0 radical (unpaired) electrons. The van der Waals surface area contributed by atoms with Crippen LogP contribution >= 0.6 is 11.3 Å². The van der Waals surface area contributed by atoms with Gasteiger partial charge < -0.3 is 5.32 Å². The highest BCUT2D eigenvalue weighted by atomic mass is 32.1. The smallest absolute Gasteiger partial charge is 0.279 e. The average Bonchev–Trinajstić information content (AvgIpc) is 2.95. The second-order valence-corrected chi connectivity index (χ2v) is 5.82. The Labute approximate surface area is 123 Å². The van der Waals surface area contributed by atoms with Crippen LogP contribution in [0.3, 0.4) is 0 Å². The standard InChI is InChI=1S/C15H11N3O2S/c19-11-8-10(9-4-2-1-3-5-9)12-13(16-11)18-6-7-21-15(18)17-14(12)20/h1-7,10H,8H2,(H,16,19)/t10-/m1/s1. The van der Waals surface area contributed by atoms with Gasteiger partial charge in [0.2, 0.25) is 5.91 Å². The topological polar surface area (TPSA) is 63.5 Å². The van der Waals surface area contributed by atoms with Gasteiger partial charge in [-0.2, -0.15) is 4.98 Å². The third kappa shape index (κ3) is 1.87. The van der Waals surface area contributed by atoms with Crippen LogP contribution in [0.15, 0.2) is 46.7 Å². The zero-order valence-corrected chi connectivity index (χ0v) is 11.8. The lowest BCUT2D eigenvalue weighted by molar-refractivity contribution is -0.116. The minimum Gasteiger partial charge on any atom is -0.311 e. The molecule has 21 heavy (non-hydrogen) atoms. The summed E-state index contributed by atoms with van der Waals surface area (Å²) in [6.07, 6.45) is 2.09. The monoisotopic (exact) mass is 297 g/mol. The van der Waals surface area contributed by atoms with E-state index in [-0.39, 0.29) is 23.8 Å². The number of benzene rings is 1. The molecule has 0 spiro atoms. The molecule has 0 saturated carbocycles. The van der Waals surface area contributed by atoms with Crippen LogP contribution in [0.4, 0.5) is 5.82 Å². The van der Waals surface area contributed by atoms with Gasteiger partial charge >= 0.3 is 0 Å². The van der Waals surface area contributed by atoms with Gasteiger partial charge in [-0.05, 0) is 5.56 Å². The molecule has 0 saturated heterocycles. The number of hydrogen-bond acceptors (Lipinski definition) is 4. The second kappa shape index (κ2) is 4.53. The van der Waals surface area contributed by atoms with Crippen molar-refractivity contribution in [1.29, 1.82) is 0 Å². The molecule has 0 fully saturated rings. The highest BCUT2D eigenvalue weighted by Crippen LogP contribution is 2.35. The van der Waals surface area contributed by atoms with Crippen molar-refractivity contribution in [3.8, 4) is 0 Å². The summed E-state index contributed by atoms with van der Waals surface area (Å²) < 4.78 is 1.77. The first-order valence-corrected chi connectivity index (χ1v) is 7.46. The summed E-state index contributed by atoms with van der Waals surface area (Å²) in [6.45, 7) is 0. The summed E-state index contributed by atoms with van der Waals surface area (Å²) in [4.78, 5) is 29.2. The van der Waals surface area contributed by atoms with E-state index in [0.29, 0.717) is 16.3 Å². The zero-order chi connectivity index (χ0) is 14.4. The number of amides is 1. The Kier molecular flexibility index (Phi) is 2.65. The van der Waals surface area contributed by atoms with Crippen molar-refractivity contribution >= 4 is 28.0 Å². The molecular weight excluding hydrogens is 286 g/mol. The second-order valence-electron chi connectivity index (χ2n) is 4.95. The predicted octanol–water partition coefficient (Wildman–Crippen LogP) is 2.23. The number of carbonyl (C=O) groups is 1. The van der Waals surface area contributed by atoms with E-state index in [0.717, 1.165) is 5.56 Å². The number of nitrogens with one attached hydrogen (secondary N) is 1. The van der Waals surface area contributed by atoms with E-state index >= 15 is 0 Å². The number of nitrogens with zero attached hydrogens (tertiary/aromatic N) is 2. The Morgan fingerprint density at radius 3 is 2.86 bits per heavy atom. The Morgan fingerprint density at radius 1 is 1.24 bits per heavy atom. The lowest BCUT2D eigenvalue weighted by Gasteiger charge is -2.25. The van der Waals surface area contributed by atoms with E-state index in [4.69, 9.17) is 0 Å². The van der Waals surface area contributed by atoms with Crippen LogP contribution < -0.4 is 10.9 Å². The summed E-state index contributed by atoms with van der Waals surface area (Å²) in [6, 6.07) is 9.62. The van der Waals surface area contributed by atoms with Crippen LogP contribution in [-0.4, -0.2) is 15.3 Å². The van der Waals surface area contributed by atoms with Gasteiger partial charge in [0.25, 0.3) is 5.56 Å². The third-order valence-electron chi connectivity index (χ3n) is 3.71. The number of anilines is 1. The van der Waals surface area contributed by atoms with Gasteiger partial charge in [-0.25, -0.2) is 0 Å². The summed E-state index contributed by atoms with van der Waals surface area (Å²) >= 11 is 1.37. The average molecular weight is 297 g/mol. The Balaban J connectivity index is 2.03. The first kappa shape index (κ1) is 12.3. The van der Waals surface area contributed by atoms with Crippen molar-refractivity contribution in [1.82, 2.24) is 9.38 Å². The van der Waals surface area contributed by atoms with Crippen molar-refractivity contribution < 1.29 is 4.79 Å². The molecule has 0 bridgehead atoms. The molecule has 5 nitrogen and oxygen atoms in total. The maximum atomic E-state index is 12.4. The maximum Gasteiger partial charge on any atom is 0.279 e. The van der Waals surface area contributed by atoms with Crippen LogP contribution in [0.1, 0.15) is 23.5 Å². The fourth-order valence-electron chi connectivity index (χ4n) is 2.78. The number of thiazole rings is 1. The van der Waals surface area contributed by atoms with Gasteiger partial charge in [-0.3, -0.25) is 14.0 Å². The number of fused-ring (bicyclic) bond motifs is 3. The summed E-state index contributed by atoms with van der Waals surface area (Å²) in [5, 5.41) is 4.67. The molecule has 1 N–H and O–H groups in total. The van der Waals surface area contributed by atoms with Gasteiger partial charge in [0.1, 0.15) is 5.82 Å².